The van der Waals surface area contributed by atoms with Crippen LogP contribution in [0.2, 0.25) is 5.15 Å². The van der Waals surface area contributed by atoms with E-state index in [2.05, 4.69) is 4.98 Å². The molecule has 0 spiro atoms. The normalized spacial score (nSPS) is 17.2. The van der Waals surface area contributed by atoms with Crippen LogP contribution in [0, 0.1) is 0 Å². The molecule has 16 heavy (non-hydrogen) atoms. The third-order valence-electron chi connectivity index (χ3n) is 2.26. The second-order valence-electron chi connectivity index (χ2n) is 3.37. The maximum absolute atomic E-state index is 10.8. The maximum atomic E-state index is 10.8. The van der Waals surface area contributed by atoms with Crippen LogP contribution in [0.15, 0.2) is 0 Å². The number of hydrogen-bond acceptors (Lipinski definition) is 5. The molecule has 1 aliphatic heterocycles. The van der Waals surface area contributed by atoms with Gasteiger partial charge in [0.05, 0.1) is 6.61 Å². The zero-order chi connectivity index (χ0) is 11.5. The Hall–Kier alpha value is -0.850. The number of aromatic nitrogens is 1. The Morgan fingerprint density at radius 2 is 2.31 bits per heavy atom. The lowest BCUT2D eigenvalue weighted by atomic mass is 10.4. The standard InChI is InChI=1S/C9H11ClN2O3S/c10-7-6(8(13)14)16-9(11-7)12-2-1-4-15-5-3-12/h1-5H2,(H,13,14). The fraction of sp³-hybridized carbons (Fsp3) is 0.556. The van der Waals surface area contributed by atoms with Crippen molar-refractivity contribution in [1.82, 2.24) is 4.98 Å². The number of anilines is 1. The number of halogens is 1. The highest BCUT2D eigenvalue weighted by Gasteiger charge is 2.20. The van der Waals surface area contributed by atoms with Crippen LogP contribution in [0.3, 0.4) is 0 Å². The molecule has 0 atom stereocenters. The molecule has 1 aromatic heterocycles. The molecule has 88 valence electrons. The fourth-order valence-electron chi connectivity index (χ4n) is 1.50. The van der Waals surface area contributed by atoms with Crippen molar-refractivity contribution in [1.29, 1.82) is 0 Å². The summed E-state index contributed by atoms with van der Waals surface area (Å²) in [5, 5.41) is 9.60. The van der Waals surface area contributed by atoms with E-state index < -0.39 is 5.97 Å². The number of rotatable bonds is 2. The molecular formula is C9H11ClN2O3S. The van der Waals surface area contributed by atoms with Gasteiger partial charge in [0.25, 0.3) is 0 Å². The van der Waals surface area contributed by atoms with E-state index in [1.165, 1.54) is 0 Å². The van der Waals surface area contributed by atoms with Gasteiger partial charge in [-0.15, -0.1) is 0 Å². The van der Waals surface area contributed by atoms with E-state index in [9.17, 15) is 4.79 Å². The van der Waals surface area contributed by atoms with Gasteiger partial charge in [-0.1, -0.05) is 22.9 Å². The van der Waals surface area contributed by atoms with Gasteiger partial charge in [-0.05, 0) is 6.42 Å². The number of nitrogens with zero attached hydrogens (tertiary/aromatic N) is 2. The molecule has 0 saturated carbocycles. The Morgan fingerprint density at radius 3 is 3.00 bits per heavy atom. The summed E-state index contributed by atoms with van der Waals surface area (Å²) < 4.78 is 5.32. The third-order valence-corrected chi connectivity index (χ3v) is 3.75. The summed E-state index contributed by atoms with van der Waals surface area (Å²) in [6.07, 6.45) is 0.916. The van der Waals surface area contributed by atoms with E-state index in [-0.39, 0.29) is 10.0 Å². The Balaban J connectivity index is 2.19. The van der Waals surface area contributed by atoms with Gasteiger partial charge in [0.2, 0.25) is 0 Å². The van der Waals surface area contributed by atoms with Crippen LogP contribution in [0.25, 0.3) is 0 Å². The number of ether oxygens (including phenoxy) is 1. The topological polar surface area (TPSA) is 62.7 Å². The predicted molar refractivity (Wildman–Crippen MR) is 61.7 cm³/mol. The Kier molecular flexibility index (Phi) is 3.63. The first kappa shape index (κ1) is 11.6. The number of aromatic carboxylic acids is 1. The molecule has 1 aromatic rings. The molecule has 0 amide bonds. The Bertz CT molecular complexity index is 388. The average molecular weight is 263 g/mol. The van der Waals surface area contributed by atoms with Crippen molar-refractivity contribution in [3.05, 3.63) is 10.0 Å². The van der Waals surface area contributed by atoms with E-state index >= 15 is 0 Å². The summed E-state index contributed by atoms with van der Waals surface area (Å²) in [6.45, 7) is 2.92. The minimum atomic E-state index is -1.03. The third kappa shape index (κ3) is 2.45. The second-order valence-corrected chi connectivity index (χ2v) is 4.71. The molecule has 1 saturated heterocycles. The molecule has 5 nitrogen and oxygen atoms in total. The first-order valence-electron chi connectivity index (χ1n) is 4.91. The highest BCUT2D eigenvalue weighted by atomic mass is 35.5. The SMILES string of the molecule is O=C(O)c1sc(N2CCCOCC2)nc1Cl. The van der Waals surface area contributed by atoms with Crippen molar-refractivity contribution < 1.29 is 14.6 Å². The lowest BCUT2D eigenvalue weighted by Crippen LogP contribution is -2.25. The zero-order valence-corrected chi connectivity index (χ0v) is 10.1. The molecule has 0 aromatic carbocycles. The van der Waals surface area contributed by atoms with Crippen LogP contribution in [-0.2, 0) is 4.74 Å². The lowest BCUT2D eigenvalue weighted by Gasteiger charge is -2.17. The molecule has 0 bridgehead atoms. The molecule has 0 unspecified atom stereocenters. The number of hydrogen-bond donors (Lipinski definition) is 1. The molecule has 1 N–H and O–H groups in total. The number of carbonyl (C=O) groups is 1. The van der Waals surface area contributed by atoms with E-state index in [1.54, 1.807) is 0 Å². The van der Waals surface area contributed by atoms with Gasteiger partial charge in [-0.2, -0.15) is 0 Å². The van der Waals surface area contributed by atoms with Crippen molar-refractivity contribution in [2.75, 3.05) is 31.2 Å². The summed E-state index contributed by atoms with van der Waals surface area (Å²) in [7, 11) is 0. The van der Waals surface area contributed by atoms with Crippen LogP contribution in [0.1, 0.15) is 16.1 Å². The first-order valence-corrected chi connectivity index (χ1v) is 6.10. The van der Waals surface area contributed by atoms with Crippen molar-refractivity contribution in [2.45, 2.75) is 6.42 Å². The first-order chi connectivity index (χ1) is 7.68. The predicted octanol–water partition coefficient (Wildman–Crippen LogP) is 1.72. The fourth-order valence-corrected chi connectivity index (χ4v) is 2.67. The van der Waals surface area contributed by atoms with Crippen LogP contribution in [0.4, 0.5) is 5.13 Å². The van der Waals surface area contributed by atoms with Crippen molar-refractivity contribution >= 4 is 34.0 Å². The summed E-state index contributed by atoms with van der Waals surface area (Å²) in [5.74, 6) is -1.03. The summed E-state index contributed by atoms with van der Waals surface area (Å²) in [4.78, 5) is 17.0. The van der Waals surface area contributed by atoms with Crippen molar-refractivity contribution in [3.63, 3.8) is 0 Å². The van der Waals surface area contributed by atoms with Gasteiger partial charge in [0, 0.05) is 19.7 Å². The molecule has 1 fully saturated rings. The van der Waals surface area contributed by atoms with Gasteiger partial charge in [-0.25, -0.2) is 9.78 Å². The van der Waals surface area contributed by atoms with Crippen LogP contribution in [-0.4, -0.2) is 42.4 Å². The highest BCUT2D eigenvalue weighted by Crippen LogP contribution is 2.29. The smallest absolute Gasteiger partial charge is 0.349 e. The van der Waals surface area contributed by atoms with Gasteiger partial charge in [0.1, 0.15) is 0 Å². The average Bonchev–Trinajstić information content (AvgIpc) is 2.50. The second kappa shape index (κ2) is 4.99. The van der Waals surface area contributed by atoms with Gasteiger partial charge < -0.3 is 14.7 Å². The molecule has 0 radical (unpaired) electrons. The van der Waals surface area contributed by atoms with E-state index in [0.29, 0.717) is 11.7 Å². The maximum Gasteiger partial charge on any atom is 0.349 e. The van der Waals surface area contributed by atoms with Crippen LogP contribution >= 0.6 is 22.9 Å². The van der Waals surface area contributed by atoms with E-state index in [0.717, 1.165) is 37.5 Å². The molecule has 0 aliphatic carbocycles. The Labute approximate surface area is 102 Å². The molecule has 7 heteroatoms. The minimum absolute atomic E-state index is 0.0673. The Morgan fingerprint density at radius 1 is 1.50 bits per heavy atom. The zero-order valence-electron chi connectivity index (χ0n) is 8.48. The number of thiazole rings is 1. The quantitative estimate of drug-likeness (QED) is 0.879. The molecule has 1 aliphatic rings. The van der Waals surface area contributed by atoms with Gasteiger partial charge in [0.15, 0.2) is 15.2 Å². The van der Waals surface area contributed by atoms with E-state index in [4.69, 9.17) is 21.4 Å². The van der Waals surface area contributed by atoms with Crippen molar-refractivity contribution in [2.24, 2.45) is 0 Å². The number of carboxylic acid groups (broad SMARTS) is 1. The summed E-state index contributed by atoms with van der Waals surface area (Å²) in [6, 6.07) is 0. The van der Waals surface area contributed by atoms with Crippen LogP contribution in [0.5, 0.6) is 0 Å². The van der Waals surface area contributed by atoms with E-state index in [1.807, 2.05) is 4.90 Å². The number of carboxylic acids is 1. The van der Waals surface area contributed by atoms with Gasteiger partial charge in [-0.3, -0.25) is 0 Å². The summed E-state index contributed by atoms with van der Waals surface area (Å²) in [5.41, 5.74) is 0. The summed E-state index contributed by atoms with van der Waals surface area (Å²) >= 11 is 6.87. The monoisotopic (exact) mass is 262 g/mol. The minimum Gasteiger partial charge on any atom is -0.477 e. The molecule has 2 heterocycles. The van der Waals surface area contributed by atoms with Gasteiger partial charge >= 0.3 is 5.97 Å². The lowest BCUT2D eigenvalue weighted by molar-refractivity contribution is 0.0702. The molecular weight excluding hydrogens is 252 g/mol. The molecule has 2 rings (SSSR count). The largest absolute Gasteiger partial charge is 0.477 e. The van der Waals surface area contributed by atoms with Crippen molar-refractivity contribution in [3.8, 4) is 0 Å². The highest BCUT2D eigenvalue weighted by molar-refractivity contribution is 7.18. The van der Waals surface area contributed by atoms with Crippen LogP contribution < -0.4 is 4.90 Å².